The van der Waals surface area contributed by atoms with Crippen LogP contribution >= 0.6 is 0 Å². The highest BCUT2D eigenvalue weighted by Crippen LogP contribution is 2.15. The Labute approximate surface area is 146 Å². The molecule has 0 aliphatic rings. The van der Waals surface area contributed by atoms with Crippen molar-refractivity contribution in [1.29, 1.82) is 0 Å². The summed E-state index contributed by atoms with van der Waals surface area (Å²) < 4.78 is 18.9. The van der Waals surface area contributed by atoms with Crippen molar-refractivity contribution in [2.75, 3.05) is 12.4 Å². The lowest BCUT2D eigenvalue weighted by Gasteiger charge is -2.08. The van der Waals surface area contributed by atoms with Crippen LogP contribution in [0.2, 0.25) is 0 Å². The molecule has 0 aliphatic carbocycles. The van der Waals surface area contributed by atoms with Gasteiger partial charge < -0.3 is 15.0 Å². The van der Waals surface area contributed by atoms with Crippen LogP contribution in [0, 0.1) is 5.82 Å². The molecule has 0 unspecified atom stereocenters. The number of aromatic amines is 1. The van der Waals surface area contributed by atoms with Crippen molar-refractivity contribution in [3.05, 3.63) is 86.9 Å². The van der Waals surface area contributed by atoms with E-state index in [1.807, 2.05) is 0 Å². The second kappa shape index (κ2) is 7.06. The summed E-state index contributed by atoms with van der Waals surface area (Å²) >= 11 is 0. The van der Waals surface area contributed by atoms with E-state index in [0.717, 1.165) is 22.9 Å². The lowest BCUT2D eigenvalue weighted by Crippen LogP contribution is -2.38. The zero-order valence-corrected chi connectivity index (χ0v) is 13.7. The Morgan fingerprint density at radius 1 is 1.08 bits per heavy atom. The molecule has 0 saturated heterocycles. The van der Waals surface area contributed by atoms with E-state index < -0.39 is 23.0 Å². The minimum absolute atomic E-state index is 0.150. The summed E-state index contributed by atoms with van der Waals surface area (Å²) in [6.45, 7) is 0. The molecule has 0 fully saturated rings. The Kier molecular flexibility index (Phi) is 4.66. The smallest absolute Gasteiger partial charge is 0.333 e. The Morgan fingerprint density at radius 3 is 2.35 bits per heavy atom. The van der Waals surface area contributed by atoms with Crippen LogP contribution in [0.1, 0.15) is 10.4 Å². The average Bonchev–Trinajstić information content (AvgIpc) is 2.64. The molecule has 7 nitrogen and oxygen atoms in total. The van der Waals surface area contributed by atoms with E-state index in [1.54, 1.807) is 24.3 Å². The highest BCUT2D eigenvalue weighted by atomic mass is 19.1. The molecule has 2 aromatic carbocycles. The third kappa shape index (κ3) is 3.39. The van der Waals surface area contributed by atoms with Gasteiger partial charge in [0, 0.05) is 11.9 Å². The van der Waals surface area contributed by atoms with Gasteiger partial charge in [0.25, 0.3) is 11.5 Å². The zero-order valence-electron chi connectivity index (χ0n) is 13.7. The molecule has 26 heavy (non-hydrogen) atoms. The van der Waals surface area contributed by atoms with Crippen LogP contribution in [-0.2, 0) is 0 Å². The van der Waals surface area contributed by atoms with Gasteiger partial charge in [-0.15, -0.1) is 0 Å². The molecule has 1 heterocycles. The summed E-state index contributed by atoms with van der Waals surface area (Å²) in [5, 5.41) is 2.57. The highest BCUT2D eigenvalue weighted by molar-refractivity contribution is 6.03. The summed E-state index contributed by atoms with van der Waals surface area (Å²) in [6, 6.07) is 11.3. The standard InChI is InChI=1S/C18H14FN3O4/c1-26-14-8-4-12(5-9-14)21-16(23)15-10-20-18(25)22(17(15)24)13-6-2-11(19)3-7-13/h2-10H,1H3,(H,20,25)(H,21,23). The number of halogens is 1. The number of ether oxygens (including phenoxy) is 1. The number of H-pyrrole nitrogens is 1. The third-order valence-electron chi connectivity index (χ3n) is 3.65. The molecule has 132 valence electrons. The van der Waals surface area contributed by atoms with Gasteiger partial charge in [-0.2, -0.15) is 0 Å². The van der Waals surface area contributed by atoms with Gasteiger partial charge in [0.15, 0.2) is 0 Å². The first-order chi connectivity index (χ1) is 12.5. The highest BCUT2D eigenvalue weighted by Gasteiger charge is 2.16. The van der Waals surface area contributed by atoms with E-state index in [1.165, 1.54) is 19.2 Å². The molecule has 0 saturated carbocycles. The van der Waals surface area contributed by atoms with Gasteiger partial charge in [0.05, 0.1) is 12.8 Å². The van der Waals surface area contributed by atoms with Gasteiger partial charge in [0.2, 0.25) is 0 Å². The summed E-state index contributed by atoms with van der Waals surface area (Å²) in [5.74, 6) is -0.579. The van der Waals surface area contributed by atoms with Crippen molar-refractivity contribution in [2.45, 2.75) is 0 Å². The van der Waals surface area contributed by atoms with Crippen LogP contribution in [-0.4, -0.2) is 22.6 Å². The number of aromatic nitrogens is 2. The molecule has 0 bridgehead atoms. The fourth-order valence-electron chi connectivity index (χ4n) is 2.33. The molecule has 0 spiro atoms. The first-order valence-corrected chi connectivity index (χ1v) is 7.55. The second-order valence-electron chi connectivity index (χ2n) is 5.31. The van der Waals surface area contributed by atoms with E-state index >= 15 is 0 Å². The molecule has 2 N–H and O–H groups in total. The van der Waals surface area contributed by atoms with E-state index in [0.29, 0.717) is 11.4 Å². The van der Waals surface area contributed by atoms with Crippen molar-refractivity contribution in [3.63, 3.8) is 0 Å². The third-order valence-corrected chi connectivity index (χ3v) is 3.65. The van der Waals surface area contributed by atoms with Gasteiger partial charge in [-0.1, -0.05) is 0 Å². The lowest BCUT2D eigenvalue weighted by atomic mass is 10.2. The minimum atomic E-state index is -0.814. The van der Waals surface area contributed by atoms with Gasteiger partial charge in [-0.05, 0) is 48.5 Å². The SMILES string of the molecule is COc1ccc(NC(=O)c2c[nH]c(=O)n(-c3ccc(F)cc3)c2=O)cc1. The number of hydrogen-bond acceptors (Lipinski definition) is 4. The summed E-state index contributed by atoms with van der Waals surface area (Å²) in [6.07, 6.45) is 1.05. The topological polar surface area (TPSA) is 93.2 Å². The van der Waals surface area contributed by atoms with Crippen molar-refractivity contribution in [3.8, 4) is 11.4 Å². The van der Waals surface area contributed by atoms with Gasteiger partial charge in [-0.3, -0.25) is 9.59 Å². The molecule has 3 rings (SSSR count). The Morgan fingerprint density at radius 2 is 1.73 bits per heavy atom. The number of hydrogen-bond donors (Lipinski definition) is 2. The number of amides is 1. The van der Waals surface area contributed by atoms with Crippen LogP contribution in [0.15, 0.2) is 64.3 Å². The largest absolute Gasteiger partial charge is 0.497 e. The number of benzene rings is 2. The Balaban J connectivity index is 1.96. The van der Waals surface area contributed by atoms with Crippen LogP contribution < -0.4 is 21.3 Å². The van der Waals surface area contributed by atoms with Gasteiger partial charge in [-0.25, -0.2) is 13.8 Å². The number of carbonyl (C=O) groups is 1. The second-order valence-corrected chi connectivity index (χ2v) is 5.31. The predicted octanol–water partition coefficient (Wildman–Crippen LogP) is 1.93. The minimum Gasteiger partial charge on any atom is -0.497 e. The molecule has 0 atom stereocenters. The molecular weight excluding hydrogens is 341 g/mol. The molecule has 0 radical (unpaired) electrons. The number of nitrogens with one attached hydrogen (secondary N) is 2. The maximum Gasteiger partial charge on any atom is 0.333 e. The molecular formula is C18H14FN3O4. The Bertz CT molecular complexity index is 1050. The van der Waals surface area contributed by atoms with E-state index in [-0.39, 0.29) is 11.3 Å². The van der Waals surface area contributed by atoms with Crippen LogP contribution in [0.5, 0.6) is 5.75 Å². The molecule has 1 amide bonds. The first-order valence-electron chi connectivity index (χ1n) is 7.55. The number of anilines is 1. The summed E-state index contributed by atoms with van der Waals surface area (Å²) in [7, 11) is 1.52. The van der Waals surface area contributed by atoms with Crippen molar-refractivity contribution >= 4 is 11.6 Å². The fraction of sp³-hybridized carbons (Fsp3) is 0.0556. The summed E-state index contributed by atoms with van der Waals surface area (Å²) in [5.41, 5.74) is -1.20. The molecule has 1 aromatic heterocycles. The van der Waals surface area contributed by atoms with E-state index in [2.05, 4.69) is 10.3 Å². The number of rotatable bonds is 4. The quantitative estimate of drug-likeness (QED) is 0.748. The van der Waals surface area contributed by atoms with Crippen LogP contribution in [0.3, 0.4) is 0 Å². The fourth-order valence-corrected chi connectivity index (χ4v) is 2.33. The number of carbonyl (C=O) groups excluding carboxylic acids is 1. The maximum atomic E-state index is 13.1. The summed E-state index contributed by atoms with van der Waals surface area (Å²) in [4.78, 5) is 39.3. The monoisotopic (exact) mass is 355 g/mol. The van der Waals surface area contributed by atoms with Crippen LogP contribution in [0.4, 0.5) is 10.1 Å². The predicted molar refractivity (Wildman–Crippen MR) is 93.6 cm³/mol. The molecule has 0 aliphatic heterocycles. The normalized spacial score (nSPS) is 10.4. The van der Waals surface area contributed by atoms with Crippen molar-refractivity contribution in [2.24, 2.45) is 0 Å². The zero-order chi connectivity index (χ0) is 18.7. The van der Waals surface area contributed by atoms with Crippen molar-refractivity contribution in [1.82, 2.24) is 9.55 Å². The maximum absolute atomic E-state index is 13.1. The average molecular weight is 355 g/mol. The van der Waals surface area contributed by atoms with Crippen molar-refractivity contribution < 1.29 is 13.9 Å². The molecule has 8 heteroatoms. The van der Waals surface area contributed by atoms with E-state index in [9.17, 15) is 18.8 Å². The number of methoxy groups -OCH3 is 1. The number of nitrogens with zero attached hydrogens (tertiary/aromatic N) is 1. The molecule has 3 aromatic rings. The lowest BCUT2D eigenvalue weighted by molar-refractivity contribution is 0.102. The first kappa shape index (κ1) is 17.2. The van der Waals surface area contributed by atoms with E-state index in [4.69, 9.17) is 4.74 Å². The van der Waals surface area contributed by atoms with Crippen LogP contribution in [0.25, 0.3) is 5.69 Å². The van der Waals surface area contributed by atoms with Gasteiger partial charge in [0.1, 0.15) is 17.1 Å². The Hall–Kier alpha value is -3.68. The van der Waals surface area contributed by atoms with Gasteiger partial charge >= 0.3 is 5.69 Å².